The minimum absolute atomic E-state index is 0.295. The predicted octanol–water partition coefficient (Wildman–Crippen LogP) is 1.38. The minimum atomic E-state index is 0.295. The molecule has 5 heteroatoms. The summed E-state index contributed by atoms with van der Waals surface area (Å²) in [6, 6.07) is 0. The van der Waals surface area contributed by atoms with Crippen LogP contribution in [0, 0.1) is 6.92 Å². The minimum Gasteiger partial charge on any atom is -0.339 e. The van der Waals surface area contributed by atoms with Crippen molar-refractivity contribution in [3.63, 3.8) is 0 Å². The Morgan fingerprint density at radius 3 is 2.78 bits per heavy atom. The first kappa shape index (κ1) is 13.5. The van der Waals surface area contributed by atoms with E-state index in [0.717, 1.165) is 44.3 Å². The van der Waals surface area contributed by atoms with Crippen LogP contribution in [-0.2, 0) is 6.42 Å². The normalized spacial score (nSPS) is 20.2. The van der Waals surface area contributed by atoms with Crippen LogP contribution in [0.25, 0.3) is 0 Å². The van der Waals surface area contributed by atoms with E-state index < -0.39 is 0 Å². The number of hydrogen-bond acceptors (Lipinski definition) is 5. The highest BCUT2D eigenvalue weighted by Crippen LogP contribution is 2.19. The average molecular weight is 252 g/mol. The first-order chi connectivity index (χ1) is 8.67. The molecule has 1 aliphatic heterocycles. The van der Waals surface area contributed by atoms with Crippen LogP contribution in [0.4, 0.5) is 0 Å². The summed E-state index contributed by atoms with van der Waals surface area (Å²) >= 11 is 0. The van der Waals surface area contributed by atoms with Gasteiger partial charge in [-0.05, 0) is 19.8 Å². The van der Waals surface area contributed by atoms with E-state index >= 15 is 0 Å². The molecule has 2 rings (SSSR count). The number of rotatable bonds is 5. The molecule has 0 aromatic carbocycles. The lowest BCUT2D eigenvalue weighted by Gasteiger charge is -2.43. The van der Waals surface area contributed by atoms with Crippen LogP contribution in [0.15, 0.2) is 4.52 Å². The van der Waals surface area contributed by atoms with Gasteiger partial charge in [0.1, 0.15) is 0 Å². The lowest BCUT2D eigenvalue weighted by Crippen LogP contribution is -2.60. The largest absolute Gasteiger partial charge is 0.339 e. The van der Waals surface area contributed by atoms with Gasteiger partial charge in [0.15, 0.2) is 5.82 Å². The van der Waals surface area contributed by atoms with Crippen molar-refractivity contribution < 1.29 is 4.52 Å². The standard InChI is InChI=1S/C13H24N4O/c1-4-13(5-2)10-17(9-7-14-13)8-6-12-15-11(3)16-18-12/h14H,4-10H2,1-3H3. The van der Waals surface area contributed by atoms with Crippen molar-refractivity contribution in [2.24, 2.45) is 0 Å². The Labute approximate surface area is 109 Å². The zero-order chi connectivity index (χ0) is 13.0. The Morgan fingerprint density at radius 2 is 2.17 bits per heavy atom. The van der Waals surface area contributed by atoms with Crippen molar-refractivity contribution >= 4 is 0 Å². The Bertz CT molecular complexity index is 373. The summed E-state index contributed by atoms with van der Waals surface area (Å²) in [7, 11) is 0. The molecule has 18 heavy (non-hydrogen) atoms. The molecule has 2 heterocycles. The third-order valence-electron chi connectivity index (χ3n) is 4.02. The SMILES string of the molecule is CCC1(CC)CN(CCc2nc(C)no2)CCN1. The van der Waals surface area contributed by atoms with Crippen molar-refractivity contribution in [3.05, 3.63) is 11.7 Å². The lowest BCUT2D eigenvalue weighted by molar-refractivity contribution is 0.122. The zero-order valence-corrected chi connectivity index (χ0v) is 11.7. The van der Waals surface area contributed by atoms with Gasteiger partial charge in [-0.3, -0.25) is 4.90 Å². The van der Waals surface area contributed by atoms with Gasteiger partial charge in [0.2, 0.25) is 5.89 Å². The molecule has 0 saturated carbocycles. The second kappa shape index (κ2) is 5.80. The van der Waals surface area contributed by atoms with Gasteiger partial charge in [0.25, 0.3) is 0 Å². The fraction of sp³-hybridized carbons (Fsp3) is 0.846. The van der Waals surface area contributed by atoms with Crippen molar-refractivity contribution in [1.82, 2.24) is 20.4 Å². The summed E-state index contributed by atoms with van der Waals surface area (Å²) in [6.45, 7) is 10.7. The van der Waals surface area contributed by atoms with Crippen molar-refractivity contribution in [3.8, 4) is 0 Å². The number of hydrogen-bond donors (Lipinski definition) is 1. The Balaban J connectivity index is 1.86. The molecular formula is C13H24N4O. The predicted molar refractivity (Wildman–Crippen MR) is 70.5 cm³/mol. The highest BCUT2D eigenvalue weighted by Gasteiger charge is 2.31. The fourth-order valence-corrected chi connectivity index (χ4v) is 2.65. The van der Waals surface area contributed by atoms with E-state index in [1.54, 1.807) is 0 Å². The number of nitrogens with zero attached hydrogens (tertiary/aromatic N) is 3. The van der Waals surface area contributed by atoms with Crippen LogP contribution < -0.4 is 5.32 Å². The maximum atomic E-state index is 5.16. The number of aryl methyl sites for hydroxylation is 1. The summed E-state index contributed by atoms with van der Waals surface area (Å²) in [5.74, 6) is 1.48. The van der Waals surface area contributed by atoms with E-state index in [0.29, 0.717) is 5.54 Å². The average Bonchev–Trinajstić information content (AvgIpc) is 2.82. The quantitative estimate of drug-likeness (QED) is 0.858. The fourth-order valence-electron chi connectivity index (χ4n) is 2.65. The van der Waals surface area contributed by atoms with E-state index in [4.69, 9.17) is 4.52 Å². The molecule has 0 bridgehead atoms. The lowest BCUT2D eigenvalue weighted by atomic mass is 9.90. The molecule has 1 N–H and O–H groups in total. The number of piperazine rings is 1. The molecule has 0 atom stereocenters. The molecule has 0 amide bonds. The van der Waals surface area contributed by atoms with E-state index in [9.17, 15) is 0 Å². The molecule has 0 spiro atoms. The van der Waals surface area contributed by atoms with Crippen molar-refractivity contribution in [2.75, 3.05) is 26.2 Å². The van der Waals surface area contributed by atoms with E-state index in [-0.39, 0.29) is 0 Å². The van der Waals surface area contributed by atoms with Crippen LogP contribution in [0.1, 0.15) is 38.4 Å². The first-order valence-corrected chi connectivity index (χ1v) is 6.94. The summed E-state index contributed by atoms with van der Waals surface area (Å²) in [6.07, 6.45) is 3.21. The second-order valence-corrected chi connectivity index (χ2v) is 5.18. The Hall–Kier alpha value is -0.940. The van der Waals surface area contributed by atoms with Gasteiger partial charge in [-0.25, -0.2) is 0 Å². The van der Waals surface area contributed by atoms with Crippen LogP contribution in [-0.4, -0.2) is 46.8 Å². The molecule has 1 fully saturated rings. The molecule has 1 aliphatic rings. The third-order valence-corrected chi connectivity index (χ3v) is 4.02. The van der Waals surface area contributed by atoms with E-state index in [1.807, 2.05) is 6.92 Å². The topological polar surface area (TPSA) is 54.2 Å². The molecule has 0 radical (unpaired) electrons. The van der Waals surface area contributed by atoms with Gasteiger partial charge in [0, 0.05) is 38.1 Å². The second-order valence-electron chi connectivity index (χ2n) is 5.18. The third kappa shape index (κ3) is 3.09. The monoisotopic (exact) mass is 252 g/mol. The van der Waals surface area contributed by atoms with Gasteiger partial charge < -0.3 is 9.84 Å². The Morgan fingerprint density at radius 1 is 1.39 bits per heavy atom. The zero-order valence-electron chi connectivity index (χ0n) is 11.7. The van der Waals surface area contributed by atoms with Gasteiger partial charge >= 0.3 is 0 Å². The molecule has 1 aromatic heterocycles. The maximum Gasteiger partial charge on any atom is 0.227 e. The summed E-state index contributed by atoms with van der Waals surface area (Å²) in [5, 5.41) is 7.50. The molecule has 1 aromatic rings. The van der Waals surface area contributed by atoms with Gasteiger partial charge in [0.05, 0.1) is 0 Å². The molecule has 5 nitrogen and oxygen atoms in total. The van der Waals surface area contributed by atoms with Crippen LogP contribution in [0.3, 0.4) is 0 Å². The number of nitrogens with one attached hydrogen (secondary N) is 1. The Kier molecular flexibility index (Phi) is 4.35. The first-order valence-electron chi connectivity index (χ1n) is 6.94. The maximum absolute atomic E-state index is 5.16. The summed E-state index contributed by atoms with van der Waals surface area (Å²) in [4.78, 5) is 6.75. The van der Waals surface area contributed by atoms with E-state index in [1.165, 1.54) is 12.8 Å². The van der Waals surface area contributed by atoms with Crippen LogP contribution >= 0.6 is 0 Å². The summed E-state index contributed by atoms with van der Waals surface area (Å²) < 4.78 is 5.16. The molecule has 0 unspecified atom stereocenters. The molecular weight excluding hydrogens is 228 g/mol. The molecule has 1 saturated heterocycles. The molecule has 0 aliphatic carbocycles. The molecule has 102 valence electrons. The van der Waals surface area contributed by atoms with Crippen molar-refractivity contribution in [2.45, 2.75) is 45.6 Å². The highest BCUT2D eigenvalue weighted by molar-refractivity contribution is 4.93. The van der Waals surface area contributed by atoms with E-state index in [2.05, 4.69) is 34.2 Å². The van der Waals surface area contributed by atoms with Crippen LogP contribution in [0.2, 0.25) is 0 Å². The smallest absolute Gasteiger partial charge is 0.227 e. The van der Waals surface area contributed by atoms with Gasteiger partial charge in [-0.1, -0.05) is 19.0 Å². The number of aromatic nitrogens is 2. The highest BCUT2D eigenvalue weighted by atomic mass is 16.5. The summed E-state index contributed by atoms with van der Waals surface area (Å²) in [5.41, 5.74) is 0.295. The van der Waals surface area contributed by atoms with Crippen molar-refractivity contribution in [1.29, 1.82) is 0 Å². The van der Waals surface area contributed by atoms with Gasteiger partial charge in [-0.2, -0.15) is 4.98 Å². The van der Waals surface area contributed by atoms with Crippen LogP contribution in [0.5, 0.6) is 0 Å². The van der Waals surface area contributed by atoms with Gasteiger partial charge in [-0.15, -0.1) is 0 Å².